The highest BCUT2D eigenvalue weighted by atomic mass is 127. The highest BCUT2D eigenvalue weighted by molar-refractivity contribution is 14.0. The van der Waals surface area contributed by atoms with Crippen molar-refractivity contribution in [3.05, 3.63) is 16.1 Å². The summed E-state index contributed by atoms with van der Waals surface area (Å²) in [6, 6.07) is 0. The number of ether oxygens (including phenoxy) is 1. The van der Waals surface area contributed by atoms with E-state index >= 15 is 0 Å². The molecule has 2 fully saturated rings. The molecule has 0 aromatic carbocycles. The minimum absolute atomic E-state index is 0. The summed E-state index contributed by atoms with van der Waals surface area (Å²) in [5.74, 6) is 0.620. The van der Waals surface area contributed by atoms with E-state index < -0.39 is 11.9 Å². The third-order valence-corrected chi connectivity index (χ3v) is 6.44. The van der Waals surface area contributed by atoms with Crippen LogP contribution in [0.4, 0.5) is 13.2 Å². The molecular formula is C19H31F3IN5OS. The number of nitrogens with zero attached hydrogens (tertiary/aromatic N) is 3. The Balaban J connectivity index is 0.00000320. The van der Waals surface area contributed by atoms with E-state index in [1.165, 1.54) is 19.3 Å². The monoisotopic (exact) mass is 561 g/mol. The molecule has 3 rings (SSSR count). The topological polar surface area (TPSA) is 61.8 Å². The summed E-state index contributed by atoms with van der Waals surface area (Å²) in [6.45, 7) is 6.96. The molecule has 0 bridgehead atoms. The second-order valence-electron chi connectivity index (χ2n) is 7.56. The lowest BCUT2D eigenvalue weighted by atomic mass is 9.80. The zero-order chi connectivity index (χ0) is 20.7. The maximum atomic E-state index is 12.7. The molecule has 1 saturated heterocycles. The largest absolute Gasteiger partial charge is 0.434 e. The fourth-order valence-corrected chi connectivity index (χ4v) is 4.83. The Kier molecular flexibility index (Phi) is 10.1. The van der Waals surface area contributed by atoms with Crippen LogP contribution in [0.5, 0.6) is 0 Å². The van der Waals surface area contributed by atoms with Gasteiger partial charge in [-0.3, -0.25) is 4.90 Å². The molecule has 0 radical (unpaired) electrons. The molecule has 1 aliphatic heterocycles. The predicted molar refractivity (Wildman–Crippen MR) is 124 cm³/mol. The molecule has 30 heavy (non-hydrogen) atoms. The van der Waals surface area contributed by atoms with Crippen molar-refractivity contribution in [1.29, 1.82) is 0 Å². The van der Waals surface area contributed by atoms with Gasteiger partial charge in [0.2, 0.25) is 0 Å². The minimum Gasteiger partial charge on any atom is -0.379 e. The van der Waals surface area contributed by atoms with Gasteiger partial charge in [-0.15, -0.1) is 35.3 Å². The van der Waals surface area contributed by atoms with Gasteiger partial charge >= 0.3 is 6.18 Å². The summed E-state index contributed by atoms with van der Waals surface area (Å²) >= 11 is 0.989. The molecule has 2 aliphatic rings. The summed E-state index contributed by atoms with van der Waals surface area (Å²) in [5, 5.41) is 8.05. The fourth-order valence-electron chi connectivity index (χ4n) is 4.10. The van der Waals surface area contributed by atoms with Gasteiger partial charge in [-0.25, -0.2) is 9.98 Å². The van der Waals surface area contributed by atoms with Crippen LogP contribution >= 0.6 is 35.3 Å². The standard InChI is InChI=1S/C19H30F3N5OS.HI/c1-2-23-17(24-12-16-26-15(13-29-16)19(20,21)22)25-14-18(6-4-3-5-7-18)27-8-10-28-11-9-27;/h13H,2-12,14H2,1H3,(H2,23,24,25);1H. The zero-order valence-electron chi connectivity index (χ0n) is 17.3. The maximum Gasteiger partial charge on any atom is 0.434 e. The van der Waals surface area contributed by atoms with Crippen molar-refractivity contribution in [1.82, 2.24) is 20.5 Å². The second kappa shape index (κ2) is 11.8. The van der Waals surface area contributed by atoms with E-state index in [1.54, 1.807) is 0 Å². The number of aromatic nitrogens is 1. The predicted octanol–water partition coefficient (Wildman–Crippen LogP) is 3.87. The van der Waals surface area contributed by atoms with Gasteiger partial charge in [0.25, 0.3) is 0 Å². The molecule has 0 atom stereocenters. The lowest BCUT2D eigenvalue weighted by Crippen LogP contribution is -2.60. The first-order valence-electron chi connectivity index (χ1n) is 10.3. The molecule has 0 spiro atoms. The van der Waals surface area contributed by atoms with Crippen LogP contribution < -0.4 is 10.6 Å². The van der Waals surface area contributed by atoms with Crippen molar-refractivity contribution in [2.24, 2.45) is 4.99 Å². The van der Waals surface area contributed by atoms with Crippen molar-refractivity contribution in [2.45, 2.75) is 57.3 Å². The molecule has 6 nitrogen and oxygen atoms in total. The molecule has 0 unspecified atom stereocenters. The normalized spacial score (nSPS) is 20.5. The first kappa shape index (κ1) is 25.6. The van der Waals surface area contributed by atoms with Gasteiger partial charge in [0.15, 0.2) is 11.7 Å². The molecule has 2 N–H and O–H groups in total. The average molecular weight is 561 g/mol. The Morgan fingerprint density at radius 3 is 2.53 bits per heavy atom. The summed E-state index contributed by atoms with van der Waals surface area (Å²) < 4.78 is 43.7. The molecule has 11 heteroatoms. The first-order chi connectivity index (χ1) is 13.9. The Morgan fingerprint density at radius 2 is 1.93 bits per heavy atom. The number of aliphatic imine (C=N–C) groups is 1. The van der Waals surface area contributed by atoms with E-state index in [2.05, 4.69) is 25.5 Å². The van der Waals surface area contributed by atoms with Crippen LogP contribution in [0.1, 0.15) is 49.7 Å². The van der Waals surface area contributed by atoms with E-state index in [-0.39, 0.29) is 36.1 Å². The number of nitrogens with one attached hydrogen (secondary N) is 2. The van der Waals surface area contributed by atoms with E-state index in [1.807, 2.05) is 6.92 Å². The van der Waals surface area contributed by atoms with Gasteiger partial charge in [0, 0.05) is 37.1 Å². The number of morpholine rings is 1. The maximum absolute atomic E-state index is 12.7. The SMILES string of the molecule is CCNC(=NCc1nc(C(F)(F)F)cs1)NCC1(N2CCOCC2)CCCCC1.I. The zero-order valence-corrected chi connectivity index (χ0v) is 20.4. The molecule has 1 aromatic rings. The van der Waals surface area contributed by atoms with Crippen LogP contribution in [0, 0.1) is 0 Å². The van der Waals surface area contributed by atoms with E-state index in [4.69, 9.17) is 4.74 Å². The number of alkyl halides is 3. The lowest BCUT2D eigenvalue weighted by molar-refractivity contribution is -0.140. The first-order valence-corrected chi connectivity index (χ1v) is 11.2. The van der Waals surface area contributed by atoms with Crippen molar-refractivity contribution < 1.29 is 17.9 Å². The van der Waals surface area contributed by atoms with E-state index in [0.29, 0.717) is 17.5 Å². The van der Waals surface area contributed by atoms with E-state index in [9.17, 15) is 13.2 Å². The third-order valence-electron chi connectivity index (χ3n) is 5.61. The average Bonchev–Trinajstić information content (AvgIpc) is 3.21. The minimum atomic E-state index is -4.41. The van der Waals surface area contributed by atoms with Gasteiger partial charge in [0.05, 0.1) is 19.8 Å². The van der Waals surface area contributed by atoms with Gasteiger partial charge in [-0.05, 0) is 19.8 Å². The Labute approximate surface area is 197 Å². The van der Waals surface area contributed by atoms with Crippen molar-refractivity contribution in [3.8, 4) is 0 Å². The van der Waals surface area contributed by atoms with Crippen LogP contribution in [0.2, 0.25) is 0 Å². The number of thiazole rings is 1. The number of rotatable bonds is 6. The van der Waals surface area contributed by atoms with Crippen LogP contribution in [0.25, 0.3) is 0 Å². The van der Waals surface area contributed by atoms with Crippen LogP contribution in [-0.2, 0) is 17.5 Å². The third kappa shape index (κ3) is 6.92. The van der Waals surface area contributed by atoms with Crippen LogP contribution in [0.15, 0.2) is 10.4 Å². The number of hydrogen-bond donors (Lipinski definition) is 2. The number of guanidine groups is 1. The Hall–Kier alpha value is -0.660. The second-order valence-corrected chi connectivity index (χ2v) is 8.50. The summed E-state index contributed by atoms with van der Waals surface area (Å²) in [4.78, 5) is 10.7. The smallest absolute Gasteiger partial charge is 0.379 e. The van der Waals surface area contributed by atoms with Gasteiger partial charge in [0.1, 0.15) is 5.01 Å². The summed E-state index contributed by atoms with van der Waals surface area (Å²) in [6.07, 6.45) is 1.57. The molecular weight excluding hydrogens is 530 g/mol. The molecule has 1 saturated carbocycles. The molecule has 1 aromatic heterocycles. The molecule has 0 amide bonds. The van der Waals surface area contributed by atoms with Gasteiger partial charge in [-0.1, -0.05) is 19.3 Å². The molecule has 172 valence electrons. The highest BCUT2D eigenvalue weighted by Gasteiger charge is 2.38. The van der Waals surface area contributed by atoms with Crippen molar-refractivity contribution in [2.75, 3.05) is 39.4 Å². The fraction of sp³-hybridized carbons (Fsp3) is 0.789. The van der Waals surface area contributed by atoms with Crippen LogP contribution in [0.3, 0.4) is 0 Å². The Bertz CT molecular complexity index is 673. The van der Waals surface area contributed by atoms with Gasteiger partial charge < -0.3 is 15.4 Å². The number of hydrogen-bond acceptors (Lipinski definition) is 5. The van der Waals surface area contributed by atoms with Crippen LogP contribution in [-0.4, -0.2) is 60.8 Å². The highest BCUT2D eigenvalue weighted by Crippen LogP contribution is 2.34. The van der Waals surface area contributed by atoms with Crippen molar-refractivity contribution in [3.63, 3.8) is 0 Å². The lowest BCUT2D eigenvalue weighted by Gasteiger charge is -2.48. The quantitative estimate of drug-likeness (QED) is 0.314. The summed E-state index contributed by atoms with van der Waals surface area (Å²) in [5.41, 5.74) is -0.762. The van der Waals surface area contributed by atoms with E-state index in [0.717, 1.165) is 62.4 Å². The molecule has 2 heterocycles. The number of halogens is 4. The van der Waals surface area contributed by atoms with Gasteiger partial charge in [-0.2, -0.15) is 13.2 Å². The molecule has 1 aliphatic carbocycles. The Morgan fingerprint density at radius 1 is 1.23 bits per heavy atom. The summed E-state index contributed by atoms with van der Waals surface area (Å²) in [7, 11) is 0. The van der Waals surface area contributed by atoms with Crippen molar-refractivity contribution >= 4 is 41.3 Å².